The van der Waals surface area contributed by atoms with Crippen LogP contribution in [0.2, 0.25) is 18.1 Å². The van der Waals surface area contributed by atoms with Gasteiger partial charge in [-0.3, -0.25) is 4.79 Å². The Hall–Kier alpha value is -4.09. The van der Waals surface area contributed by atoms with E-state index in [9.17, 15) is 22.8 Å². The van der Waals surface area contributed by atoms with Crippen LogP contribution in [0.15, 0.2) is 84.9 Å². The molecule has 0 aliphatic heterocycles. The van der Waals surface area contributed by atoms with Crippen LogP contribution in [0.4, 0.5) is 18.0 Å². The Morgan fingerprint density at radius 3 is 2.12 bits per heavy atom. The second-order valence-electron chi connectivity index (χ2n) is 15.3. The van der Waals surface area contributed by atoms with E-state index in [0.717, 1.165) is 28.6 Å². The lowest BCUT2D eigenvalue weighted by molar-refractivity contribution is -0.137. The van der Waals surface area contributed by atoms with Gasteiger partial charge in [0.15, 0.2) is 8.32 Å². The molecule has 0 radical (unpaired) electrons. The number of halogens is 3. The van der Waals surface area contributed by atoms with Gasteiger partial charge in [-0.15, -0.1) is 0 Å². The van der Waals surface area contributed by atoms with Gasteiger partial charge in [0.25, 0.3) is 0 Å². The lowest BCUT2D eigenvalue weighted by atomic mass is 9.97. The molecule has 11 heteroatoms. The van der Waals surface area contributed by atoms with Crippen molar-refractivity contribution in [2.24, 2.45) is 0 Å². The summed E-state index contributed by atoms with van der Waals surface area (Å²) in [6.45, 7) is 16.0. The molecule has 0 aliphatic rings. The maximum absolute atomic E-state index is 13.9. The average Bonchev–Trinajstić information content (AvgIpc) is 3.44. The molecule has 0 saturated carbocycles. The Morgan fingerprint density at radius 1 is 0.840 bits per heavy atom. The van der Waals surface area contributed by atoms with Gasteiger partial charge in [0.2, 0.25) is 5.91 Å². The van der Waals surface area contributed by atoms with Crippen LogP contribution in [0.25, 0.3) is 10.9 Å². The maximum Gasteiger partial charge on any atom is 0.416 e. The Kier molecular flexibility index (Phi) is 11.9. The molecule has 0 aliphatic carbocycles. The van der Waals surface area contributed by atoms with E-state index in [2.05, 4.69) is 49.5 Å². The lowest BCUT2D eigenvalue weighted by Crippen LogP contribution is -2.53. The zero-order valence-electron chi connectivity index (χ0n) is 30.2. The fourth-order valence-electron chi connectivity index (χ4n) is 5.49. The molecule has 0 spiro atoms. The fourth-order valence-corrected chi connectivity index (χ4v) is 6.89. The molecule has 1 aromatic heterocycles. The quantitative estimate of drug-likeness (QED) is 0.128. The Bertz CT molecular complexity index is 1710. The van der Waals surface area contributed by atoms with Gasteiger partial charge in [0.1, 0.15) is 5.60 Å². The molecule has 2 amide bonds. The van der Waals surface area contributed by atoms with Crippen LogP contribution in [0.1, 0.15) is 82.8 Å². The van der Waals surface area contributed by atoms with Crippen LogP contribution >= 0.6 is 0 Å². The monoisotopic (exact) mass is 709 g/mol. The summed E-state index contributed by atoms with van der Waals surface area (Å²) in [5, 5.41) is 6.75. The van der Waals surface area contributed by atoms with Gasteiger partial charge in [-0.25, -0.2) is 4.79 Å². The van der Waals surface area contributed by atoms with Crippen LogP contribution in [0, 0.1) is 0 Å². The molecule has 1 heterocycles. The molecule has 3 aromatic carbocycles. The number of aromatic amines is 1. The number of alkyl halides is 3. The molecule has 4 aromatic rings. The third kappa shape index (κ3) is 10.7. The second kappa shape index (κ2) is 15.4. The molecule has 1 unspecified atom stereocenters. The van der Waals surface area contributed by atoms with Gasteiger partial charge < -0.3 is 24.8 Å². The van der Waals surface area contributed by atoms with E-state index in [1.807, 2.05) is 60.7 Å². The average molecular weight is 710 g/mol. The number of ether oxygens (including phenoxy) is 1. The molecule has 0 fully saturated rings. The topological polar surface area (TPSA) is 92.5 Å². The van der Waals surface area contributed by atoms with E-state index in [-0.39, 0.29) is 23.8 Å². The zero-order chi connectivity index (χ0) is 36.9. The lowest BCUT2D eigenvalue weighted by Gasteiger charge is -2.42. The van der Waals surface area contributed by atoms with E-state index in [0.29, 0.717) is 17.7 Å². The minimum Gasteiger partial charge on any atom is -0.444 e. The third-order valence-electron chi connectivity index (χ3n) is 9.07. The summed E-state index contributed by atoms with van der Waals surface area (Å²) in [5.41, 5.74) is 1.10. The van der Waals surface area contributed by atoms with Crippen LogP contribution < -0.4 is 10.6 Å². The largest absolute Gasteiger partial charge is 0.444 e. The van der Waals surface area contributed by atoms with Crippen molar-refractivity contribution in [1.82, 2.24) is 15.6 Å². The van der Waals surface area contributed by atoms with Crippen LogP contribution in [0.3, 0.4) is 0 Å². The van der Waals surface area contributed by atoms with Gasteiger partial charge in [-0.2, -0.15) is 13.2 Å². The van der Waals surface area contributed by atoms with Crippen LogP contribution in [0.5, 0.6) is 0 Å². The second-order valence-corrected chi connectivity index (χ2v) is 20.1. The highest BCUT2D eigenvalue weighted by atomic mass is 28.4. The number of carbonyl (C=O) groups is 2. The number of hydrogen-bond acceptors (Lipinski definition) is 4. The molecule has 270 valence electrons. The number of hydrogen-bond donors (Lipinski definition) is 3. The summed E-state index contributed by atoms with van der Waals surface area (Å²) in [4.78, 5) is 30.3. The Morgan fingerprint density at radius 2 is 1.50 bits per heavy atom. The zero-order valence-corrected chi connectivity index (χ0v) is 31.2. The van der Waals surface area contributed by atoms with Gasteiger partial charge in [-0.1, -0.05) is 81.4 Å². The normalized spacial score (nSPS) is 14.5. The molecule has 0 bridgehead atoms. The van der Waals surface area contributed by atoms with Crippen LogP contribution in [-0.2, 0) is 26.6 Å². The molecule has 50 heavy (non-hydrogen) atoms. The third-order valence-corrected chi connectivity index (χ3v) is 13.6. The predicted octanol–water partition coefficient (Wildman–Crippen LogP) is 9.70. The SMILES string of the molecule is CC(C)(C)OC(=O)N[C@@H](Cc1ccccc1)[C@H](CCC(=O)NC(c1cccc(C(F)(F)F)c1)c1cc2ccccc2[nH]1)O[Si](C)(C)C(C)(C)C. The summed E-state index contributed by atoms with van der Waals surface area (Å²) in [7, 11) is -2.43. The van der Waals surface area contributed by atoms with Gasteiger partial charge in [-0.05, 0) is 92.5 Å². The number of fused-ring (bicyclic) bond motifs is 1. The van der Waals surface area contributed by atoms with Gasteiger partial charge in [0.05, 0.1) is 23.8 Å². The number of benzene rings is 3. The van der Waals surface area contributed by atoms with E-state index in [4.69, 9.17) is 9.16 Å². The number of nitrogens with one attached hydrogen (secondary N) is 3. The van der Waals surface area contributed by atoms with E-state index < -0.39 is 49.9 Å². The first-order valence-electron chi connectivity index (χ1n) is 17.0. The summed E-state index contributed by atoms with van der Waals surface area (Å²) in [6.07, 6.45) is -5.04. The van der Waals surface area contributed by atoms with Crippen molar-refractivity contribution >= 4 is 31.2 Å². The van der Waals surface area contributed by atoms with E-state index in [1.54, 1.807) is 26.8 Å². The summed E-state index contributed by atoms with van der Waals surface area (Å²) < 4.78 is 53.9. The molecule has 3 atom stereocenters. The molecular formula is C39H50F3N3O4Si. The molecule has 3 N–H and O–H groups in total. The van der Waals surface area contributed by atoms with Crippen molar-refractivity contribution in [3.8, 4) is 0 Å². The number of amides is 2. The smallest absolute Gasteiger partial charge is 0.416 e. The minimum absolute atomic E-state index is 0.00370. The minimum atomic E-state index is -4.55. The number of para-hydroxylation sites is 1. The van der Waals surface area contributed by atoms with Crippen LogP contribution in [-0.4, -0.2) is 43.0 Å². The van der Waals surface area contributed by atoms with Gasteiger partial charge >= 0.3 is 12.3 Å². The standard InChI is InChI=1S/C39H50F3N3O4Si/c1-37(2,3)48-36(47)44-31(23-26-15-10-9-11-16-26)33(49-50(7,8)38(4,5)6)21-22-34(46)45-35(28-18-14-19-29(24-28)39(40,41)42)32-25-27-17-12-13-20-30(27)43-32/h9-20,24-25,31,33,35,43H,21-23H2,1-8H3,(H,44,47)(H,45,46)/t31-,33-,35?/m0/s1. The first-order chi connectivity index (χ1) is 23.2. The number of rotatable bonds is 12. The Labute approximate surface area is 294 Å². The van der Waals surface area contributed by atoms with E-state index >= 15 is 0 Å². The number of aromatic nitrogens is 1. The molecule has 7 nitrogen and oxygen atoms in total. The Balaban J connectivity index is 1.66. The molecule has 0 saturated heterocycles. The number of alkyl carbamates (subject to hydrolysis) is 1. The highest BCUT2D eigenvalue weighted by Crippen LogP contribution is 2.39. The summed E-state index contributed by atoms with van der Waals surface area (Å²) >= 11 is 0. The number of H-pyrrole nitrogens is 1. The first-order valence-corrected chi connectivity index (χ1v) is 19.9. The summed E-state index contributed by atoms with van der Waals surface area (Å²) in [6, 6.07) is 22.6. The van der Waals surface area contributed by atoms with Crippen molar-refractivity contribution in [2.45, 2.75) is 109 Å². The number of carbonyl (C=O) groups excluding carboxylic acids is 2. The van der Waals surface area contributed by atoms with Crippen molar-refractivity contribution in [3.63, 3.8) is 0 Å². The molecular weight excluding hydrogens is 660 g/mol. The molecule has 4 rings (SSSR count). The van der Waals surface area contributed by atoms with Gasteiger partial charge in [0, 0.05) is 17.6 Å². The first kappa shape index (κ1) is 38.7. The highest BCUT2D eigenvalue weighted by molar-refractivity contribution is 6.74. The predicted molar refractivity (Wildman–Crippen MR) is 194 cm³/mol. The highest BCUT2D eigenvalue weighted by Gasteiger charge is 2.41. The fraction of sp³-hybridized carbons (Fsp3) is 0.436. The maximum atomic E-state index is 13.9. The van der Waals surface area contributed by atoms with E-state index in [1.165, 1.54) is 6.07 Å². The van der Waals surface area contributed by atoms with Crippen molar-refractivity contribution in [2.75, 3.05) is 0 Å². The van der Waals surface area contributed by atoms with Crippen molar-refractivity contribution in [1.29, 1.82) is 0 Å². The van der Waals surface area contributed by atoms with Crippen molar-refractivity contribution < 1.29 is 31.9 Å². The summed E-state index contributed by atoms with van der Waals surface area (Å²) in [5.74, 6) is -0.370. The van der Waals surface area contributed by atoms with Crippen molar-refractivity contribution in [3.05, 3.63) is 107 Å².